The molecule has 2 amide bonds. The third-order valence-corrected chi connectivity index (χ3v) is 11.0. The summed E-state index contributed by atoms with van der Waals surface area (Å²) in [5.41, 5.74) is 0.0785. The highest BCUT2D eigenvalue weighted by Gasteiger charge is 2.58. The number of carboxylic acid groups (broad SMARTS) is 1. The van der Waals surface area contributed by atoms with E-state index in [-0.39, 0.29) is 58.2 Å². The second-order valence-corrected chi connectivity index (χ2v) is 16.6. The first-order chi connectivity index (χ1) is 21.8. The molecule has 1 heterocycles. The van der Waals surface area contributed by atoms with Crippen molar-refractivity contribution in [1.82, 2.24) is 9.80 Å². The van der Waals surface area contributed by atoms with Gasteiger partial charge in [-0.3, -0.25) is 14.3 Å². The van der Waals surface area contributed by atoms with Crippen LogP contribution in [0.3, 0.4) is 0 Å². The number of aliphatic carboxylic acids is 1. The van der Waals surface area contributed by atoms with Crippen LogP contribution in [0.2, 0.25) is 0 Å². The fraction of sp³-hybridized carbons (Fsp3) is 0.559. The Hall–Kier alpha value is -3.34. The van der Waals surface area contributed by atoms with Crippen LogP contribution < -0.4 is 0 Å². The first kappa shape index (κ1) is 38.1. The van der Waals surface area contributed by atoms with Crippen molar-refractivity contribution in [1.29, 1.82) is 0 Å². The Kier molecular flexibility index (Phi) is 12.4. The number of nitrogens with zero attached hydrogens (tertiary/aromatic N) is 2. The standard InChI is InChI=1S/C34H47F2N2O8P/c1-8-44-47(43)20-19-37(22-25-13-16-27(36)21-28(25)24-11-14-26(35)15-12-24)23-34(47,29(39)40)17-9-10-18-38(30(41)45-32(2,3)4)31(42)46-33(5,6)7/h11-16,21H,8-10,17-20,22-23H2,1-7H3,(H,39,40). The van der Waals surface area contributed by atoms with E-state index in [0.29, 0.717) is 16.7 Å². The Morgan fingerprint density at radius 3 is 2.04 bits per heavy atom. The molecule has 47 heavy (non-hydrogen) atoms. The third-order valence-electron chi connectivity index (χ3n) is 7.65. The van der Waals surface area contributed by atoms with Gasteiger partial charge in [-0.25, -0.2) is 23.3 Å². The molecule has 0 bridgehead atoms. The molecule has 0 saturated carbocycles. The summed E-state index contributed by atoms with van der Waals surface area (Å²) in [5.74, 6) is -2.17. The predicted octanol–water partition coefficient (Wildman–Crippen LogP) is 7.93. The van der Waals surface area contributed by atoms with Crippen LogP contribution in [0.5, 0.6) is 0 Å². The van der Waals surface area contributed by atoms with E-state index in [1.165, 1.54) is 24.3 Å². The van der Waals surface area contributed by atoms with Gasteiger partial charge in [-0.1, -0.05) is 18.2 Å². The van der Waals surface area contributed by atoms with Gasteiger partial charge in [-0.2, -0.15) is 0 Å². The maximum atomic E-state index is 14.3. The third kappa shape index (κ3) is 10.1. The average Bonchev–Trinajstić information content (AvgIpc) is 2.94. The summed E-state index contributed by atoms with van der Waals surface area (Å²) in [6.07, 6.45) is -1.47. The largest absolute Gasteiger partial charge is 0.480 e. The molecule has 0 spiro atoms. The summed E-state index contributed by atoms with van der Waals surface area (Å²) in [4.78, 5) is 41.6. The molecule has 2 aromatic carbocycles. The molecule has 1 aliphatic rings. The molecule has 2 aromatic rings. The van der Waals surface area contributed by atoms with E-state index in [2.05, 4.69) is 0 Å². The Balaban J connectivity index is 1.85. The monoisotopic (exact) mass is 680 g/mol. The first-order valence-corrected chi connectivity index (χ1v) is 17.6. The number of carbonyl (C=O) groups excluding carboxylic acids is 2. The fourth-order valence-corrected chi connectivity index (χ4v) is 8.52. The van der Waals surface area contributed by atoms with E-state index in [1.54, 1.807) is 66.7 Å². The van der Waals surface area contributed by atoms with Gasteiger partial charge in [-0.05, 0) is 109 Å². The lowest BCUT2D eigenvalue weighted by atomic mass is 9.97. The highest BCUT2D eigenvalue weighted by Crippen LogP contribution is 2.63. The van der Waals surface area contributed by atoms with Crippen molar-refractivity contribution in [3.05, 3.63) is 59.7 Å². The molecule has 260 valence electrons. The number of hydrogen-bond acceptors (Lipinski definition) is 8. The van der Waals surface area contributed by atoms with Gasteiger partial charge < -0.3 is 19.1 Å². The van der Waals surface area contributed by atoms with Crippen LogP contribution in [0.15, 0.2) is 42.5 Å². The lowest BCUT2D eigenvalue weighted by Crippen LogP contribution is -2.54. The van der Waals surface area contributed by atoms with Gasteiger partial charge in [0.1, 0.15) is 22.8 Å². The van der Waals surface area contributed by atoms with Crippen molar-refractivity contribution in [3.63, 3.8) is 0 Å². The van der Waals surface area contributed by atoms with Gasteiger partial charge in [0.2, 0.25) is 7.37 Å². The molecular weight excluding hydrogens is 633 g/mol. The van der Waals surface area contributed by atoms with Crippen molar-refractivity contribution in [2.24, 2.45) is 0 Å². The van der Waals surface area contributed by atoms with Gasteiger partial charge in [-0.15, -0.1) is 0 Å². The van der Waals surface area contributed by atoms with E-state index < -0.39 is 53.5 Å². The summed E-state index contributed by atoms with van der Waals surface area (Å²) < 4.78 is 58.8. The highest BCUT2D eigenvalue weighted by atomic mass is 31.2. The molecular formula is C34H47F2N2O8P. The molecule has 1 N–H and O–H groups in total. The molecule has 2 unspecified atom stereocenters. The summed E-state index contributed by atoms with van der Waals surface area (Å²) in [5, 5.41) is 8.87. The van der Waals surface area contributed by atoms with E-state index in [1.807, 2.05) is 4.90 Å². The number of ether oxygens (including phenoxy) is 2. The maximum absolute atomic E-state index is 14.3. The van der Waals surface area contributed by atoms with Crippen molar-refractivity contribution >= 4 is 25.5 Å². The number of hydrogen-bond donors (Lipinski definition) is 1. The lowest BCUT2D eigenvalue weighted by molar-refractivity contribution is -0.141. The van der Waals surface area contributed by atoms with E-state index >= 15 is 0 Å². The molecule has 1 saturated heterocycles. The van der Waals surface area contributed by atoms with Gasteiger partial charge in [0.15, 0.2) is 5.16 Å². The van der Waals surface area contributed by atoms with E-state index in [9.17, 15) is 32.8 Å². The predicted molar refractivity (Wildman–Crippen MR) is 175 cm³/mol. The molecule has 2 atom stereocenters. The zero-order valence-corrected chi connectivity index (χ0v) is 29.2. The molecule has 3 rings (SSSR count). The average molecular weight is 681 g/mol. The van der Waals surface area contributed by atoms with Crippen LogP contribution in [0.4, 0.5) is 18.4 Å². The molecule has 1 aliphatic heterocycles. The summed E-state index contributed by atoms with van der Waals surface area (Å²) in [7, 11) is -3.73. The minimum absolute atomic E-state index is 0.0117. The number of carboxylic acids is 1. The van der Waals surface area contributed by atoms with Gasteiger partial charge in [0.25, 0.3) is 0 Å². The summed E-state index contributed by atoms with van der Waals surface area (Å²) in [6, 6.07) is 9.93. The van der Waals surface area contributed by atoms with Crippen LogP contribution in [0.25, 0.3) is 11.1 Å². The van der Waals surface area contributed by atoms with Crippen LogP contribution in [-0.4, -0.2) is 81.8 Å². The number of carbonyl (C=O) groups is 3. The molecule has 13 heteroatoms. The van der Waals surface area contributed by atoms with Crippen molar-refractivity contribution in [2.75, 3.05) is 32.4 Å². The Bertz CT molecular complexity index is 1440. The molecule has 0 aliphatic carbocycles. The van der Waals surface area contributed by atoms with Gasteiger partial charge >= 0.3 is 18.2 Å². The topological polar surface area (TPSA) is 123 Å². The normalized spacial score (nSPS) is 20.4. The van der Waals surface area contributed by atoms with Crippen molar-refractivity contribution in [2.45, 2.75) is 90.6 Å². The SMILES string of the molecule is CCOP1(=O)CCN(Cc2ccc(F)cc2-c2ccc(F)cc2)CC1(CCCCN(C(=O)OC(C)(C)C)C(=O)OC(C)(C)C)C(=O)O. The number of amides is 2. The van der Waals surface area contributed by atoms with Gasteiger partial charge in [0, 0.05) is 32.3 Å². The van der Waals surface area contributed by atoms with Crippen molar-refractivity contribution < 1.29 is 46.8 Å². The second kappa shape index (κ2) is 15.3. The Morgan fingerprint density at radius 2 is 1.51 bits per heavy atom. The minimum Gasteiger partial charge on any atom is -0.480 e. The molecule has 0 aromatic heterocycles. The zero-order valence-electron chi connectivity index (χ0n) is 28.3. The highest BCUT2D eigenvalue weighted by molar-refractivity contribution is 7.62. The number of halogens is 2. The zero-order chi connectivity index (χ0) is 35.2. The van der Waals surface area contributed by atoms with E-state index in [4.69, 9.17) is 14.0 Å². The van der Waals surface area contributed by atoms with Crippen molar-refractivity contribution in [3.8, 4) is 11.1 Å². The maximum Gasteiger partial charge on any atom is 0.419 e. The quantitative estimate of drug-likeness (QED) is 0.186. The number of rotatable bonds is 11. The number of unbranched alkanes of at least 4 members (excludes halogenated alkanes) is 1. The number of imide groups is 1. The van der Waals surface area contributed by atoms with Crippen LogP contribution in [-0.2, 0) is 29.9 Å². The van der Waals surface area contributed by atoms with Crippen LogP contribution >= 0.6 is 7.37 Å². The minimum atomic E-state index is -3.73. The second-order valence-electron chi connectivity index (χ2n) is 13.7. The van der Waals surface area contributed by atoms with Gasteiger partial charge in [0.05, 0.1) is 6.61 Å². The summed E-state index contributed by atoms with van der Waals surface area (Å²) >= 11 is 0. The van der Waals surface area contributed by atoms with E-state index in [0.717, 1.165) is 4.90 Å². The molecule has 0 radical (unpaired) electrons. The Labute approximate surface area is 275 Å². The number of benzene rings is 2. The molecule has 1 fully saturated rings. The smallest absolute Gasteiger partial charge is 0.419 e. The van der Waals surface area contributed by atoms with Crippen LogP contribution in [0.1, 0.15) is 73.3 Å². The fourth-order valence-electron chi connectivity index (χ4n) is 5.55. The summed E-state index contributed by atoms with van der Waals surface area (Å²) in [6.45, 7) is 12.0. The molecule has 10 nitrogen and oxygen atoms in total. The van der Waals surface area contributed by atoms with Crippen LogP contribution in [0, 0.1) is 11.6 Å². The Morgan fingerprint density at radius 1 is 0.936 bits per heavy atom. The lowest BCUT2D eigenvalue weighted by Gasteiger charge is -2.45. The first-order valence-electron chi connectivity index (χ1n) is 15.8.